The van der Waals surface area contributed by atoms with Crippen molar-refractivity contribution >= 4 is 38.5 Å². The molecular weight excluding hydrogens is 388 g/mol. The van der Waals surface area contributed by atoms with Crippen molar-refractivity contribution < 1.29 is 14.3 Å². The van der Waals surface area contributed by atoms with Gasteiger partial charge in [0.05, 0.1) is 35.2 Å². The number of nitrogens with one attached hydrogen (secondary N) is 1. The fourth-order valence-corrected chi connectivity index (χ4v) is 3.66. The topological polar surface area (TPSA) is 86.2 Å². The maximum absolute atomic E-state index is 11.9. The van der Waals surface area contributed by atoms with Gasteiger partial charge in [-0.1, -0.05) is 11.3 Å². The van der Waals surface area contributed by atoms with Crippen LogP contribution in [0.3, 0.4) is 0 Å². The molecule has 0 fully saturated rings. The van der Waals surface area contributed by atoms with Crippen LogP contribution >= 0.6 is 11.3 Å². The second-order valence-electron chi connectivity index (χ2n) is 6.08. The Bertz CT molecular complexity index is 1140. The second kappa shape index (κ2) is 8.24. The number of anilines is 2. The van der Waals surface area contributed by atoms with E-state index in [0.717, 1.165) is 27.2 Å². The number of rotatable bonds is 6. The highest BCUT2D eigenvalue weighted by atomic mass is 32.1. The zero-order valence-electron chi connectivity index (χ0n) is 15.9. The molecule has 29 heavy (non-hydrogen) atoms. The number of carbonyl (C=O) groups excluding carboxylic acids is 1. The van der Waals surface area contributed by atoms with E-state index in [9.17, 15) is 4.79 Å². The summed E-state index contributed by atoms with van der Waals surface area (Å²) in [4.78, 5) is 16.4. The lowest BCUT2D eigenvalue weighted by Gasteiger charge is -2.04. The van der Waals surface area contributed by atoms with E-state index in [1.165, 1.54) is 11.3 Å². The Hall–Kier alpha value is -3.52. The standard InChI is InChI=1S/C21H18N4O3S/c1-3-28-20(26)14-6-9-17-18(12-14)29-21(22-17)23-19-11-10-16(24-25-19)13-4-7-15(27-2)8-5-13/h4-12H,3H2,1-2H3,(H,22,23,25). The molecule has 0 amide bonds. The van der Waals surface area contributed by atoms with E-state index < -0.39 is 0 Å². The molecule has 0 radical (unpaired) electrons. The van der Waals surface area contributed by atoms with Crippen molar-refractivity contribution in [1.82, 2.24) is 15.2 Å². The molecule has 0 saturated heterocycles. The van der Waals surface area contributed by atoms with Crippen LogP contribution in [0.1, 0.15) is 17.3 Å². The van der Waals surface area contributed by atoms with Gasteiger partial charge in [-0.05, 0) is 61.5 Å². The fourth-order valence-electron chi connectivity index (χ4n) is 2.74. The first-order valence-electron chi connectivity index (χ1n) is 8.99. The van der Waals surface area contributed by atoms with Crippen molar-refractivity contribution in [2.75, 3.05) is 19.0 Å². The normalized spacial score (nSPS) is 10.7. The average Bonchev–Trinajstić information content (AvgIpc) is 3.16. The van der Waals surface area contributed by atoms with Gasteiger partial charge in [-0.25, -0.2) is 9.78 Å². The molecule has 0 aliphatic carbocycles. The Morgan fingerprint density at radius 2 is 1.90 bits per heavy atom. The molecule has 2 heterocycles. The minimum atomic E-state index is -0.336. The van der Waals surface area contributed by atoms with E-state index in [2.05, 4.69) is 20.5 Å². The van der Waals surface area contributed by atoms with Crippen molar-refractivity contribution in [3.63, 3.8) is 0 Å². The van der Waals surface area contributed by atoms with Gasteiger partial charge in [0.2, 0.25) is 0 Å². The lowest BCUT2D eigenvalue weighted by Crippen LogP contribution is -2.03. The maximum Gasteiger partial charge on any atom is 0.338 e. The van der Waals surface area contributed by atoms with E-state index >= 15 is 0 Å². The van der Waals surface area contributed by atoms with Crippen molar-refractivity contribution in [3.05, 3.63) is 60.2 Å². The van der Waals surface area contributed by atoms with E-state index in [1.807, 2.05) is 42.5 Å². The highest BCUT2D eigenvalue weighted by Gasteiger charge is 2.11. The smallest absolute Gasteiger partial charge is 0.338 e. The molecule has 146 valence electrons. The summed E-state index contributed by atoms with van der Waals surface area (Å²) in [5, 5.41) is 12.3. The van der Waals surface area contributed by atoms with Crippen LogP contribution in [0.15, 0.2) is 54.6 Å². The lowest BCUT2D eigenvalue weighted by atomic mass is 10.1. The van der Waals surface area contributed by atoms with Crippen LogP contribution in [-0.2, 0) is 4.74 Å². The molecule has 0 unspecified atom stereocenters. The first-order valence-corrected chi connectivity index (χ1v) is 9.81. The number of esters is 1. The lowest BCUT2D eigenvalue weighted by molar-refractivity contribution is 0.0526. The molecular formula is C21H18N4O3S. The maximum atomic E-state index is 11.9. The van der Waals surface area contributed by atoms with Gasteiger partial charge in [0.25, 0.3) is 0 Å². The fraction of sp³-hybridized carbons (Fsp3) is 0.143. The summed E-state index contributed by atoms with van der Waals surface area (Å²) in [6.45, 7) is 2.13. The van der Waals surface area contributed by atoms with E-state index in [4.69, 9.17) is 9.47 Å². The van der Waals surface area contributed by atoms with Crippen LogP contribution in [0.4, 0.5) is 10.9 Å². The zero-order valence-corrected chi connectivity index (χ0v) is 16.7. The molecule has 7 nitrogen and oxygen atoms in total. The molecule has 1 N–H and O–H groups in total. The van der Waals surface area contributed by atoms with Gasteiger partial charge < -0.3 is 14.8 Å². The van der Waals surface area contributed by atoms with E-state index in [0.29, 0.717) is 23.1 Å². The van der Waals surface area contributed by atoms with Crippen LogP contribution in [-0.4, -0.2) is 34.9 Å². The summed E-state index contributed by atoms with van der Waals surface area (Å²) in [5.41, 5.74) is 3.03. The third kappa shape index (κ3) is 4.17. The Labute approximate surface area is 171 Å². The summed E-state index contributed by atoms with van der Waals surface area (Å²) in [6.07, 6.45) is 0. The number of methoxy groups -OCH3 is 1. The van der Waals surface area contributed by atoms with Crippen molar-refractivity contribution in [3.8, 4) is 17.0 Å². The van der Waals surface area contributed by atoms with E-state index in [-0.39, 0.29) is 5.97 Å². The number of carbonyl (C=O) groups is 1. The number of fused-ring (bicyclic) bond motifs is 1. The van der Waals surface area contributed by atoms with Gasteiger partial charge in [-0.2, -0.15) is 0 Å². The molecule has 2 aromatic heterocycles. The predicted octanol–water partition coefficient (Wildman–Crippen LogP) is 4.68. The summed E-state index contributed by atoms with van der Waals surface area (Å²) >= 11 is 1.43. The van der Waals surface area contributed by atoms with Crippen molar-refractivity contribution in [1.29, 1.82) is 0 Å². The minimum Gasteiger partial charge on any atom is -0.497 e. The molecule has 0 aliphatic heterocycles. The van der Waals surface area contributed by atoms with Crippen molar-refractivity contribution in [2.24, 2.45) is 0 Å². The summed E-state index contributed by atoms with van der Waals surface area (Å²) < 4.78 is 11.1. The Morgan fingerprint density at radius 3 is 2.59 bits per heavy atom. The quantitative estimate of drug-likeness (QED) is 0.465. The molecule has 0 bridgehead atoms. The molecule has 2 aromatic carbocycles. The summed E-state index contributed by atoms with van der Waals surface area (Å²) in [7, 11) is 1.63. The van der Waals surface area contributed by atoms with Crippen LogP contribution in [0.5, 0.6) is 5.75 Å². The van der Waals surface area contributed by atoms with Gasteiger partial charge >= 0.3 is 5.97 Å². The number of nitrogens with zero attached hydrogens (tertiary/aromatic N) is 3. The number of aromatic nitrogens is 3. The third-order valence-electron chi connectivity index (χ3n) is 4.18. The molecule has 0 spiro atoms. The Kier molecular flexibility index (Phi) is 5.35. The molecule has 4 rings (SSSR count). The first kappa shape index (κ1) is 18.8. The highest BCUT2D eigenvalue weighted by molar-refractivity contribution is 7.22. The van der Waals surface area contributed by atoms with Gasteiger partial charge in [-0.3, -0.25) is 0 Å². The number of hydrogen-bond acceptors (Lipinski definition) is 8. The monoisotopic (exact) mass is 406 g/mol. The number of hydrogen-bond donors (Lipinski definition) is 1. The van der Waals surface area contributed by atoms with Gasteiger partial charge in [0, 0.05) is 5.56 Å². The largest absolute Gasteiger partial charge is 0.497 e. The van der Waals surface area contributed by atoms with Gasteiger partial charge in [0.15, 0.2) is 10.9 Å². The van der Waals surface area contributed by atoms with Crippen LogP contribution in [0.25, 0.3) is 21.5 Å². The summed E-state index contributed by atoms with van der Waals surface area (Å²) in [5.74, 6) is 1.05. The first-order chi connectivity index (χ1) is 14.2. The SMILES string of the molecule is CCOC(=O)c1ccc2nc(Nc3ccc(-c4ccc(OC)cc4)nn3)sc2c1. The third-order valence-corrected chi connectivity index (χ3v) is 5.12. The minimum absolute atomic E-state index is 0.336. The highest BCUT2D eigenvalue weighted by Crippen LogP contribution is 2.29. The number of benzene rings is 2. The van der Waals surface area contributed by atoms with Crippen molar-refractivity contribution in [2.45, 2.75) is 6.92 Å². The average molecular weight is 406 g/mol. The molecule has 0 atom stereocenters. The molecule has 8 heteroatoms. The Balaban J connectivity index is 1.51. The van der Waals surface area contributed by atoms with Crippen LogP contribution in [0.2, 0.25) is 0 Å². The van der Waals surface area contributed by atoms with Gasteiger partial charge in [0.1, 0.15) is 5.75 Å². The van der Waals surface area contributed by atoms with Crippen LogP contribution in [0, 0.1) is 0 Å². The van der Waals surface area contributed by atoms with Crippen LogP contribution < -0.4 is 10.1 Å². The Morgan fingerprint density at radius 1 is 1.07 bits per heavy atom. The zero-order chi connectivity index (χ0) is 20.2. The molecule has 0 saturated carbocycles. The second-order valence-corrected chi connectivity index (χ2v) is 7.11. The predicted molar refractivity (Wildman–Crippen MR) is 113 cm³/mol. The number of thiazole rings is 1. The number of ether oxygens (including phenoxy) is 2. The van der Waals surface area contributed by atoms with Gasteiger partial charge in [-0.15, -0.1) is 10.2 Å². The van der Waals surface area contributed by atoms with E-state index in [1.54, 1.807) is 26.2 Å². The summed E-state index contributed by atoms with van der Waals surface area (Å²) in [6, 6.07) is 16.7. The molecule has 4 aromatic rings. The molecule has 0 aliphatic rings.